The van der Waals surface area contributed by atoms with Crippen molar-refractivity contribution in [2.45, 2.75) is 82.0 Å². The Balaban J connectivity index is 1.67. The summed E-state index contributed by atoms with van der Waals surface area (Å²) in [5.74, 6) is -3.73. The Morgan fingerprint density at radius 3 is 2.41 bits per heavy atom. The molecule has 0 aliphatic heterocycles. The number of amides is 1. The molecule has 2 aromatic heterocycles. The second kappa shape index (κ2) is 9.13. The SMILES string of the molecule is N#Cc1cc(C(=O)N[C@H]2CC[C@H](O)CC2)cc2nc(C(F)(F)F)c(CC3CCC(F)(F)CC3)n12. The van der Waals surface area contributed by atoms with Crippen LogP contribution < -0.4 is 5.32 Å². The number of aromatic nitrogens is 2. The van der Waals surface area contributed by atoms with E-state index in [1.807, 2.05) is 6.07 Å². The lowest BCUT2D eigenvalue weighted by molar-refractivity contribution is -0.141. The first-order valence-electron chi connectivity index (χ1n) is 11.4. The molecular weight excluding hydrogens is 459 g/mol. The summed E-state index contributed by atoms with van der Waals surface area (Å²) in [5.41, 5.74) is -1.77. The Hall–Kier alpha value is -2.74. The molecule has 1 amide bonds. The van der Waals surface area contributed by atoms with Crippen LogP contribution in [0.25, 0.3) is 5.65 Å². The number of carbonyl (C=O) groups excluding carboxylic acids is 1. The fourth-order valence-corrected chi connectivity index (χ4v) is 4.93. The smallest absolute Gasteiger partial charge is 0.393 e. The maximum Gasteiger partial charge on any atom is 0.435 e. The molecule has 2 heterocycles. The summed E-state index contributed by atoms with van der Waals surface area (Å²) in [6, 6.07) is 4.11. The summed E-state index contributed by atoms with van der Waals surface area (Å²) < 4.78 is 69.6. The van der Waals surface area contributed by atoms with E-state index in [4.69, 9.17) is 0 Å². The molecule has 0 aromatic carbocycles. The van der Waals surface area contributed by atoms with Crippen molar-refractivity contribution < 1.29 is 31.9 Å². The lowest BCUT2D eigenvalue weighted by Crippen LogP contribution is -2.38. The van der Waals surface area contributed by atoms with E-state index in [-0.39, 0.29) is 60.7 Å². The minimum Gasteiger partial charge on any atom is -0.393 e. The molecule has 2 aromatic rings. The van der Waals surface area contributed by atoms with Crippen LogP contribution in [0.4, 0.5) is 22.0 Å². The Morgan fingerprint density at radius 1 is 1.18 bits per heavy atom. The van der Waals surface area contributed by atoms with Crippen molar-refractivity contribution in [1.29, 1.82) is 5.26 Å². The lowest BCUT2D eigenvalue weighted by atomic mass is 9.83. The highest BCUT2D eigenvalue weighted by Crippen LogP contribution is 2.40. The van der Waals surface area contributed by atoms with Crippen LogP contribution in [0, 0.1) is 17.2 Å². The second-order valence-electron chi connectivity index (χ2n) is 9.32. The first kappa shape index (κ1) is 24.4. The zero-order chi connectivity index (χ0) is 24.7. The summed E-state index contributed by atoms with van der Waals surface area (Å²) >= 11 is 0. The molecule has 6 nitrogen and oxygen atoms in total. The standard InChI is InChI=1S/C23H25F5N4O2/c24-22(25)7-5-13(6-8-22)9-18-20(23(26,27)28)31-19-11-14(10-16(12-29)32(18)19)21(34)30-15-1-3-17(33)4-2-15/h10-11,13,15,17,33H,1-9H2,(H,30,34)/t15-,17-. The molecular formula is C23H25F5N4O2. The molecule has 4 rings (SSSR count). The van der Waals surface area contributed by atoms with Gasteiger partial charge in [-0.3, -0.25) is 9.20 Å². The molecule has 0 unspecified atom stereocenters. The van der Waals surface area contributed by atoms with Crippen molar-refractivity contribution in [3.05, 3.63) is 34.8 Å². The topological polar surface area (TPSA) is 90.4 Å². The summed E-state index contributed by atoms with van der Waals surface area (Å²) in [5, 5.41) is 22.1. The van der Waals surface area contributed by atoms with Crippen molar-refractivity contribution in [1.82, 2.24) is 14.7 Å². The molecule has 2 aliphatic rings. The Morgan fingerprint density at radius 2 is 1.82 bits per heavy atom. The van der Waals surface area contributed by atoms with Gasteiger partial charge in [0.1, 0.15) is 17.4 Å². The lowest BCUT2D eigenvalue weighted by Gasteiger charge is -2.28. The molecule has 2 saturated carbocycles. The Bertz CT molecular complexity index is 1100. The van der Waals surface area contributed by atoms with Crippen LogP contribution in [-0.4, -0.2) is 38.5 Å². The van der Waals surface area contributed by atoms with Crippen LogP contribution in [0.15, 0.2) is 12.1 Å². The molecule has 11 heteroatoms. The molecule has 0 radical (unpaired) electrons. The zero-order valence-electron chi connectivity index (χ0n) is 18.3. The molecule has 2 N–H and O–H groups in total. The van der Waals surface area contributed by atoms with E-state index in [1.54, 1.807) is 0 Å². The number of aliphatic hydroxyl groups is 1. The van der Waals surface area contributed by atoms with E-state index in [9.17, 15) is 37.1 Å². The van der Waals surface area contributed by atoms with Gasteiger partial charge in [0.25, 0.3) is 5.91 Å². The molecule has 2 aliphatic carbocycles. The predicted molar refractivity (Wildman–Crippen MR) is 111 cm³/mol. The number of nitrogens with one attached hydrogen (secondary N) is 1. The average molecular weight is 484 g/mol. The fourth-order valence-electron chi connectivity index (χ4n) is 4.93. The number of halogens is 5. The number of aliphatic hydroxyl groups excluding tert-OH is 1. The number of fused-ring (bicyclic) bond motifs is 1. The van der Waals surface area contributed by atoms with Gasteiger partial charge in [0, 0.05) is 24.4 Å². The van der Waals surface area contributed by atoms with Gasteiger partial charge in [0.2, 0.25) is 5.92 Å². The van der Waals surface area contributed by atoms with Crippen molar-refractivity contribution in [2.75, 3.05) is 0 Å². The van der Waals surface area contributed by atoms with Gasteiger partial charge in [-0.2, -0.15) is 18.4 Å². The van der Waals surface area contributed by atoms with E-state index in [0.29, 0.717) is 25.7 Å². The summed E-state index contributed by atoms with van der Waals surface area (Å²) in [7, 11) is 0. The number of nitrogens with zero attached hydrogens (tertiary/aromatic N) is 3. The Labute approximate surface area is 192 Å². The van der Waals surface area contributed by atoms with Crippen molar-refractivity contribution in [3.8, 4) is 6.07 Å². The first-order chi connectivity index (χ1) is 16.0. The van der Waals surface area contributed by atoms with Crippen LogP contribution in [-0.2, 0) is 12.6 Å². The van der Waals surface area contributed by atoms with Crippen LogP contribution in [0.1, 0.15) is 78.8 Å². The normalized spacial score (nSPS) is 23.6. The number of hydrogen-bond acceptors (Lipinski definition) is 4. The second-order valence-corrected chi connectivity index (χ2v) is 9.32. The van der Waals surface area contributed by atoms with Gasteiger partial charge < -0.3 is 10.4 Å². The molecule has 2 fully saturated rings. The van der Waals surface area contributed by atoms with Gasteiger partial charge in [0.15, 0.2) is 5.69 Å². The summed E-state index contributed by atoms with van der Waals surface area (Å²) in [6.07, 6.45) is -3.74. The number of alkyl halides is 5. The summed E-state index contributed by atoms with van der Waals surface area (Å²) in [6.45, 7) is 0. The maximum atomic E-state index is 13.8. The predicted octanol–water partition coefficient (Wildman–Crippen LogP) is 4.63. The van der Waals surface area contributed by atoms with Crippen LogP contribution in [0.3, 0.4) is 0 Å². The molecule has 0 atom stereocenters. The third-order valence-corrected chi connectivity index (χ3v) is 6.81. The highest BCUT2D eigenvalue weighted by Gasteiger charge is 2.41. The van der Waals surface area contributed by atoms with Gasteiger partial charge in [-0.1, -0.05) is 0 Å². The third kappa shape index (κ3) is 5.17. The van der Waals surface area contributed by atoms with Crippen molar-refractivity contribution in [3.63, 3.8) is 0 Å². The van der Waals surface area contributed by atoms with Gasteiger partial charge in [-0.15, -0.1) is 0 Å². The van der Waals surface area contributed by atoms with E-state index >= 15 is 0 Å². The van der Waals surface area contributed by atoms with E-state index in [0.717, 1.165) is 4.40 Å². The van der Waals surface area contributed by atoms with E-state index < -0.39 is 35.7 Å². The molecule has 0 spiro atoms. The third-order valence-electron chi connectivity index (χ3n) is 6.81. The maximum absolute atomic E-state index is 13.8. The van der Waals surface area contributed by atoms with Gasteiger partial charge in [-0.25, -0.2) is 13.8 Å². The fraction of sp³-hybridized carbons (Fsp3) is 0.609. The van der Waals surface area contributed by atoms with Crippen LogP contribution >= 0.6 is 0 Å². The largest absolute Gasteiger partial charge is 0.435 e. The number of pyridine rings is 1. The van der Waals surface area contributed by atoms with Gasteiger partial charge >= 0.3 is 6.18 Å². The average Bonchev–Trinajstić information content (AvgIpc) is 3.15. The first-order valence-corrected chi connectivity index (χ1v) is 11.4. The highest BCUT2D eigenvalue weighted by molar-refractivity contribution is 5.95. The Kier molecular flexibility index (Phi) is 6.55. The van der Waals surface area contributed by atoms with Gasteiger partial charge in [-0.05, 0) is 63.0 Å². The minimum atomic E-state index is -4.81. The van der Waals surface area contributed by atoms with Crippen LogP contribution in [0.2, 0.25) is 0 Å². The molecule has 184 valence electrons. The number of rotatable bonds is 4. The number of carbonyl (C=O) groups is 1. The highest BCUT2D eigenvalue weighted by atomic mass is 19.4. The van der Waals surface area contributed by atoms with E-state index in [2.05, 4.69) is 10.3 Å². The molecule has 0 saturated heterocycles. The van der Waals surface area contributed by atoms with Crippen molar-refractivity contribution in [2.24, 2.45) is 5.92 Å². The number of nitriles is 1. The van der Waals surface area contributed by atoms with E-state index in [1.165, 1.54) is 12.1 Å². The minimum absolute atomic E-state index is 0.0118. The quantitative estimate of drug-likeness (QED) is 0.620. The molecule has 0 bridgehead atoms. The monoisotopic (exact) mass is 484 g/mol. The van der Waals surface area contributed by atoms with Crippen molar-refractivity contribution >= 4 is 11.6 Å². The zero-order valence-corrected chi connectivity index (χ0v) is 18.3. The number of imidazole rings is 1. The molecule has 34 heavy (non-hydrogen) atoms. The van der Waals surface area contributed by atoms with Crippen LogP contribution in [0.5, 0.6) is 0 Å². The summed E-state index contributed by atoms with van der Waals surface area (Å²) in [4.78, 5) is 16.5. The van der Waals surface area contributed by atoms with Gasteiger partial charge in [0.05, 0.1) is 11.8 Å². The number of hydrogen-bond donors (Lipinski definition) is 2.